The molecular weight excluding hydrogens is 361 g/mol. The van der Waals surface area contributed by atoms with Crippen molar-refractivity contribution in [1.29, 1.82) is 0 Å². The van der Waals surface area contributed by atoms with Crippen LogP contribution >= 0.6 is 28.1 Å². The van der Waals surface area contributed by atoms with E-state index in [1.54, 1.807) is 10.6 Å². The number of nitrogens with one attached hydrogen (secondary N) is 1. The van der Waals surface area contributed by atoms with E-state index >= 15 is 0 Å². The number of piperidine rings is 1. The second-order valence-corrected chi connectivity index (χ2v) is 6.17. The van der Waals surface area contributed by atoms with Gasteiger partial charge in [0.25, 0.3) is 5.91 Å². The first-order valence-corrected chi connectivity index (χ1v) is 7.50. The van der Waals surface area contributed by atoms with Gasteiger partial charge in [0.15, 0.2) is 4.77 Å². The van der Waals surface area contributed by atoms with Crippen LogP contribution in [0.25, 0.3) is 11.0 Å². The zero-order valence-electron chi connectivity index (χ0n) is 11.0. The minimum Gasteiger partial charge on any atom is -0.331 e. The number of aromatic nitrogens is 2. The van der Waals surface area contributed by atoms with Crippen molar-refractivity contribution < 1.29 is 14.0 Å². The molecule has 1 unspecified atom stereocenters. The van der Waals surface area contributed by atoms with E-state index in [9.17, 15) is 14.0 Å². The molecule has 1 aromatic heterocycles. The number of hydrogen-bond donors (Lipinski definition) is 1. The summed E-state index contributed by atoms with van der Waals surface area (Å²) in [4.78, 5) is 27.9. The van der Waals surface area contributed by atoms with Crippen molar-refractivity contribution in [3.63, 3.8) is 0 Å². The normalized spacial score (nSPS) is 19.6. The summed E-state index contributed by atoms with van der Waals surface area (Å²) in [5.74, 6) is -0.971. The molecule has 0 spiro atoms. The van der Waals surface area contributed by atoms with Gasteiger partial charge in [-0.15, -0.1) is 0 Å². The van der Waals surface area contributed by atoms with E-state index in [1.807, 2.05) is 0 Å². The first-order chi connectivity index (χ1) is 9.90. The number of hydrogen-bond acceptors (Lipinski definition) is 3. The maximum Gasteiger partial charge on any atom is 0.252 e. The summed E-state index contributed by atoms with van der Waals surface area (Å²) < 4.78 is 16.0. The number of likely N-dealkylation sites (tertiary alicyclic amines) is 1. The topological polar surface area (TPSA) is 58.1 Å². The zero-order valence-corrected chi connectivity index (χ0v) is 13.4. The highest BCUT2D eigenvalue weighted by molar-refractivity contribution is 9.10. The van der Waals surface area contributed by atoms with Gasteiger partial charge in [-0.1, -0.05) is 0 Å². The minimum absolute atomic E-state index is 0.212. The molecule has 3 rings (SSSR count). The van der Waals surface area contributed by atoms with Crippen LogP contribution < -0.4 is 0 Å². The first-order valence-electron chi connectivity index (χ1n) is 6.30. The van der Waals surface area contributed by atoms with E-state index in [-0.39, 0.29) is 18.2 Å². The van der Waals surface area contributed by atoms with Gasteiger partial charge in [-0.25, -0.2) is 4.39 Å². The average molecular weight is 372 g/mol. The number of rotatable bonds is 1. The monoisotopic (exact) mass is 371 g/mol. The quantitative estimate of drug-likeness (QED) is 0.619. The van der Waals surface area contributed by atoms with Gasteiger partial charge in [-0.3, -0.25) is 14.5 Å². The lowest BCUT2D eigenvalue weighted by Gasteiger charge is -2.28. The fraction of sp³-hybridized carbons (Fsp3) is 0.308. The number of imidazole rings is 1. The highest BCUT2D eigenvalue weighted by atomic mass is 79.9. The molecule has 110 valence electrons. The summed E-state index contributed by atoms with van der Waals surface area (Å²) in [5, 5.41) is 0. The standard InChI is InChI=1S/C13H11BrFN3O2S/c1-17-11(19)3-2-9(12(17)20)18-10-5-7(15)6(14)4-8(10)16-13(18)21/h4-5,9H,2-3H2,1H3,(H,16,21). The number of aromatic amines is 1. The molecule has 0 radical (unpaired) electrons. The molecule has 2 aromatic rings. The van der Waals surface area contributed by atoms with Gasteiger partial charge in [0.1, 0.15) is 11.9 Å². The fourth-order valence-corrected chi connectivity index (χ4v) is 3.25. The van der Waals surface area contributed by atoms with Gasteiger partial charge in [0.2, 0.25) is 5.91 Å². The molecule has 5 nitrogen and oxygen atoms in total. The van der Waals surface area contributed by atoms with Crippen LogP contribution in [-0.4, -0.2) is 33.3 Å². The number of carbonyl (C=O) groups excluding carboxylic acids is 2. The number of carbonyl (C=O) groups is 2. The van der Waals surface area contributed by atoms with Gasteiger partial charge in [0.05, 0.1) is 15.5 Å². The third-order valence-corrected chi connectivity index (χ3v) is 4.60. The van der Waals surface area contributed by atoms with Crippen LogP contribution in [-0.2, 0) is 9.59 Å². The minimum atomic E-state index is -0.588. The molecule has 1 atom stereocenters. The molecule has 1 saturated heterocycles. The third-order valence-electron chi connectivity index (χ3n) is 3.69. The number of H-pyrrole nitrogens is 1. The highest BCUT2D eigenvalue weighted by Gasteiger charge is 2.34. The van der Waals surface area contributed by atoms with Crippen molar-refractivity contribution in [2.24, 2.45) is 0 Å². The summed E-state index contributed by atoms with van der Waals surface area (Å²) in [6, 6.07) is 2.32. The summed E-state index contributed by atoms with van der Waals surface area (Å²) in [6.07, 6.45) is 0.626. The molecular formula is C13H11BrFN3O2S. The second-order valence-electron chi connectivity index (χ2n) is 4.93. The Bertz CT molecular complexity index is 829. The molecule has 0 bridgehead atoms. The Kier molecular flexibility index (Phi) is 3.45. The van der Waals surface area contributed by atoms with Gasteiger partial charge in [0, 0.05) is 19.5 Å². The second kappa shape index (κ2) is 5.03. The molecule has 1 aliphatic heterocycles. The largest absolute Gasteiger partial charge is 0.331 e. The predicted molar refractivity (Wildman–Crippen MR) is 80.8 cm³/mol. The van der Waals surface area contributed by atoms with E-state index < -0.39 is 11.9 Å². The molecule has 8 heteroatoms. The van der Waals surface area contributed by atoms with Crippen molar-refractivity contribution in [1.82, 2.24) is 14.5 Å². The number of halogens is 2. The zero-order chi connectivity index (χ0) is 15.3. The SMILES string of the molecule is CN1C(=O)CCC(n2c(=S)[nH]c3cc(Br)c(F)cc32)C1=O. The highest BCUT2D eigenvalue weighted by Crippen LogP contribution is 2.30. The Morgan fingerprint density at radius 2 is 2.14 bits per heavy atom. The first kappa shape index (κ1) is 14.4. The van der Waals surface area contributed by atoms with Crippen LogP contribution in [0.15, 0.2) is 16.6 Å². The molecule has 1 N–H and O–H groups in total. The fourth-order valence-electron chi connectivity index (χ4n) is 2.57. The van der Waals surface area contributed by atoms with Crippen molar-refractivity contribution in [3.05, 3.63) is 27.2 Å². The van der Waals surface area contributed by atoms with Crippen LogP contribution in [0.2, 0.25) is 0 Å². The molecule has 2 heterocycles. The van der Waals surface area contributed by atoms with E-state index in [0.29, 0.717) is 26.7 Å². The Morgan fingerprint density at radius 1 is 1.43 bits per heavy atom. The van der Waals surface area contributed by atoms with Crippen molar-refractivity contribution in [2.45, 2.75) is 18.9 Å². The van der Waals surface area contributed by atoms with Gasteiger partial charge < -0.3 is 9.55 Å². The number of benzene rings is 1. The molecule has 0 saturated carbocycles. The van der Waals surface area contributed by atoms with E-state index in [0.717, 1.165) is 4.90 Å². The number of likely N-dealkylation sites (N-methyl/N-ethyl adjacent to an activating group) is 1. The summed E-state index contributed by atoms with van der Waals surface area (Å²) >= 11 is 8.37. The molecule has 1 aliphatic rings. The van der Waals surface area contributed by atoms with Gasteiger partial charge >= 0.3 is 0 Å². The molecule has 1 aromatic carbocycles. The average Bonchev–Trinajstić information content (AvgIpc) is 2.73. The lowest BCUT2D eigenvalue weighted by Crippen LogP contribution is -2.43. The summed E-state index contributed by atoms with van der Waals surface area (Å²) in [6.45, 7) is 0. The van der Waals surface area contributed by atoms with Gasteiger partial charge in [-0.05, 0) is 40.6 Å². The maximum absolute atomic E-state index is 13.8. The predicted octanol–water partition coefficient (Wildman–Crippen LogP) is 2.92. The molecule has 2 amide bonds. The van der Waals surface area contributed by atoms with Crippen LogP contribution in [0.1, 0.15) is 18.9 Å². The Balaban J connectivity index is 2.19. The molecule has 0 aliphatic carbocycles. The van der Waals surface area contributed by atoms with Crippen LogP contribution in [0, 0.1) is 10.6 Å². The van der Waals surface area contributed by atoms with E-state index in [1.165, 1.54) is 13.1 Å². The number of imide groups is 1. The summed E-state index contributed by atoms with van der Waals surface area (Å²) in [7, 11) is 1.45. The summed E-state index contributed by atoms with van der Waals surface area (Å²) in [5.41, 5.74) is 1.16. The number of fused-ring (bicyclic) bond motifs is 1. The van der Waals surface area contributed by atoms with Crippen molar-refractivity contribution in [2.75, 3.05) is 7.05 Å². The van der Waals surface area contributed by atoms with Crippen molar-refractivity contribution in [3.8, 4) is 0 Å². The smallest absolute Gasteiger partial charge is 0.252 e. The lowest BCUT2D eigenvalue weighted by atomic mass is 10.0. The molecule has 1 fully saturated rings. The molecule has 21 heavy (non-hydrogen) atoms. The van der Waals surface area contributed by atoms with E-state index in [4.69, 9.17) is 12.2 Å². The third kappa shape index (κ3) is 2.22. The Hall–Kier alpha value is -1.54. The number of amides is 2. The Labute approximate surface area is 132 Å². The maximum atomic E-state index is 13.8. The van der Waals surface area contributed by atoms with Gasteiger partial charge in [-0.2, -0.15) is 0 Å². The van der Waals surface area contributed by atoms with E-state index in [2.05, 4.69) is 20.9 Å². The number of nitrogens with zero attached hydrogens (tertiary/aromatic N) is 2. The Morgan fingerprint density at radius 3 is 2.86 bits per heavy atom. The van der Waals surface area contributed by atoms with Crippen molar-refractivity contribution >= 4 is 51.0 Å². The van der Waals surface area contributed by atoms with Crippen LogP contribution in [0.4, 0.5) is 4.39 Å². The van der Waals surface area contributed by atoms with Crippen LogP contribution in [0.3, 0.4) is 0 Å². The van der Waals surface area contributed by atoms with Crippen LogP contribution in [0.5, 0.6) is 0 Å². The lowest BCUT2D eigenvalue weighted by molar-refractivity contribution is -0.149.